The van der Waals surface area contributed by atoms with E-state index in [1.54, 1.807) is 6.07 Å². The molecule has 1 aliphatic rings. The van der Waals surface area contributed by atoms with Crippen LogP contribution < -0.4 is 5.32 Å². The molecule has 2 atom stereocenters. The van der Waals surface area contributed by atoms with Crippen molar-refractivity contribution in [3.8, 4) is 0 Å². The van der Waals surface area contributed by atoms with Gasteiger partial charge in [0.2, 0.25) is 0 Å². The van der Waals surface area contributed by atoms with Crippen molar-refractivity contribution in [2.45, 2.75) is 39.2 Å². The molecular weight excluding hydrogens is 241 g/mol. The molecule has 0 spiro atoms. The van der Waals surface area contributed by atoms with E-state index in [1.807, 2.05) is 13.0 Å². The zero-order valence-electron chi connectivity index (χ0n) is 11.9. The Labute approximate surface area is 115 Å². The van der Waals surface area contributed by atoms with Gasteiger partial charge >= 0.3 is 0 Å². The van der Waals surface area contributed by atoms with E-state index >= 15 is 0 Å². The Morgan fingerprint density at radius 3 is 3.05 bits per heavy atom. The fourth-order valence-corrected chi connectivity index (χ4v) is 2.74. The van der Waals surface area contributed by atoms with Crippen LogP contribution in [0.4, 0.5) is 4.39 Å². The van der Waals surface area contributed by atoms with Gasteiger partial charge in [0.15, 0.2) is 0 Å². The van der Waals surface area contributed by atoms with Crippen LogP contribution in [0.25, 0.3) is 0 Å². The van der Waals surface area contributed by atoms with E-state index in [0.29, 0.717) is 12.0 Å². The highest BCUT2D eigenvalue weighted by atomic mass is 19.1. The highest BCUT2D eigenvalue weighted by molar-refractivity contribution is 5.27. The summed E-state index contributed by atoms with van der Waals surface area (Å²) in [6.07, 6.45) is 3.09. The Bertz CT molecular complexity index is 408. The van der Waals surface area contributed by atoms with Gasteiger partial charge in [-0.1, -0.05) is 13.0 Å². The van der Waals surface area contributed by atoms with Crippen LogP contribution in [0.5, 0.6) is 0 Å². The van der Waals surface area contributed by atoms with Crippen molar-refractivity contribution in [2.24, 2.45) is 5.92 Å². The number of hydrogen-bond acceptors (Lipinski definition) is 2. The highest BCUT2D eigenvalue weighted by Crippen LogP contribution is 2.22. The summed E-state index contributed by atoms with van der Waals surface area (Å²) in [5, 5.41) is 3.60. The Kier molecular flexibility index (Phi) is 5.34. The number of benzene rings is 1. The van der Waals surface area contributed by atoms with Crippen molar-refractivity contribution in [2.75, 3.05) is 19.8 Å². The molecule has 19 heavy (non-hydrogen) atoms. The zero-order valence-corrected chi connectivity index (χ0v) is 11.9. The van der Waals surface area contributed by atoms with Crippen molar-refractivity contribution >= 4 is 0 Å². The molecule has 1 heterocycles. The molecule has 1 aromatic carbocycles. The monoisotopic (exact) mass is 265 g/mol. The summed E-state index contributed by atoms with van der Waals surface area (Å²) in [6.45, 7) is 6.88. The number of aryl methyl sites for hydroxylation is 1. The summed E-state index contributed by atoms with van der Waals surface area (Å²) in [7, 11) is 0. The summed E-state index contributed by atoms with van der Waals surface area (Å²) in [4.78, 5) is 0. The first-order valence-electron chi connectivity index (χ1n) is 7.27. The lowest BCUT2D eigenvalue weighted by molar-refractivity contribution is 0.0322. The number of nitrogens with one attached hydrogen (secondary N) is 1. The van der Waals surface area contributed by atoms with Crippen LogP contribution in [0.1, 0.15) is 30.9 Å². The SMILES string of the molecule is CCCNC1CCOCC1Cc1cc(F)ccc1C. The van der Waals surface area contributed by atoms with Gasteiger partial charge < -0.3 is 10.1 Å². The van der Waals surface area contributed by atoms with Gasteiger partial charge in [-0.15, -0.1) is 0 Å². The Hall–Kier alpha value is -0.930. The van der Waals surface area contributed by atoms with Crippen molar-refractivity contribution in [1.29, 1.82) is 0 Å². The molecule has 106 valence electrons. The number of ether oxygens (including phenoxy) is 1. The van der Waals surface area contributed by atoms with Gasteiger partial charge in [-0.05, 0) is 56.0 Å². The minimum Gasteiger partial charge on any atom is -0.381 e. The lowest BCUT2D eigenvalue weighted by Crippen LogP contribution is -2.44. The topological polar surface area (TPSA) is 21.3 Å². The molecule has 3 heteroatoms. The molecule has 0 aromatic heterocycles. The summed E-state index contributed by atoms with van der Waals surface area (Å²) in [5.41, 5.74) is 2.28. The molecule has 0 radical (unpaired) electrons. The molecular formula is C16H24FNO. The molecule has 0 bridgehead atoms. The van der Waals surface area contributed by atoms with E-state index in [9.17, 15) is 4.39 Å². The molecule has 1 aromatic rings. The second kappa shape index (κ2) is 7.01. The molecule has 2 unspecified atom stereocenters. The average molecular weight is 265 g/mol. The van der Waals surface area contributed by atoms with Crippen molar-refractivity contribution < 1.29 is 9.13 Å². The van der Waals surface area contributed by atoms with E-state index in [4.69, 9.17) is 4.74 Å². The van der Waals surface area contributed by atoms with Crippen LogP contribution in [-0.2, 0) is 11.2 Å². The van der Waals surface area contributed by atoms with E-state index < -0.39 is 0 Å². The van der Waals surface area contributed by atoms with Gasteiger partial charge in [0.25, 0.3) is 0 Å². The third-order valence-electron chi connectivity index (χ3n) is 3.92. The lowest BCUT2D eigenvalue weighted by Gasteiger charge is -2.32. The molecule has 1 saturated heterocycles. The summed E-state index contributed by atoms with van der Waals surface area (Å²) < 4.78 is 19.0. The van der Waals surface area contributed by atoms with Gasteiger partial charge in [0, 0.05) is 18.6 Å². The molecule has 1 N–H and O–H groups in total. The van der Waals surface area contributed by atoms with Gasteiger partial charge in [-0.3, -0.25) is 0 Å². The number of halogens is 1. The zero-order chi connectivity index (χ0) is 13.7. The minimum absolute atomic E-state index is 0.143. The molecule has 2 rings (SSSR count). The lowest BCUT2D eigenvalue weighted by atomic mass is 9.88. The first kappa shape index (κ1) is 14.5. The molecule has 0 amide bonds. The summed E-state index contributed by atoms with van der Waals surface area (Å²) >= 11 is 0. The van der Waals surface area contributed by atoms with Gasteiger partial charge in [0.05, 0.1) is 6.61 Å². The Balaban J connectivity index is 2.04. The second-order valence-electron chi connectivity index (χ2n) is 5.46. The van der Waals surface area contributed by atoms with Crippen molar-refractivity contribution in [3.63, 3.8) is 0 Å². The molecule has 0 saturated carbocycles. The van der Waals surface area contributed by atoms with Crippen LogP contribution in [0.3, 0.4) is 0 Å². The molecule has 1 fully saturated rings. The first-order chi connectivity index (χ1) is 9.20. The normalized spacial score (nSPS) is 23.5. The van der Waals surface area contributed by atoms with Crippen LogP contribution in [0, 0.1) is 18.7 Å². The highest BCUT2D eigenvalue weighted by Gasteiger charge is 2.25. The third-order valence-corrected chi connectivity index (χ3v) is 3.92. The van der Waals surface area contributed by atoms with Crippen LogP contribution in [0.2, 0.25) is 0 Å². The van der Waals surface area contributed by atoms with Gasteiger partial charge in [-0.25, -0.2) is 4.39 Å². The van der Waals surface area contributed by atoms with Crippen molar-refractivity contribution in [1.82, 2.24) is 5.32 Å². The maximum atomic E-state index is 13.4. The first-order valence-corrected chi connectivity index (χ1v) is 7.27. The maximum Gasteiger partial charge on any atom is 0.123 e. The fourth-order valence-electron chi connectivity index (χ4n) is 2.74. The predicted molar refractivity (Wildman–Crippen MR) is 75.8 cm³/mol. The smallest absolute Gasteiger partial charge is 0.123 e. The largest absolute Gasteiger partial charge is 0.381 e. The Morgan fingerprint density at radius 1 is 1.42 bits per heavy atom. The summed E-state index contributed by atoms with van der Waals surface area (Å²) in [5.74, 6) is 0.302. The number of hydrogen-bond donors (Lipinski definition) is 1. The molecule has 1 aliphatic heterocycles. The fraction of sp³-hybridized carbons (Fsp3) is 0.625. The predicted octanol–water partition coefficient (Wildman–Crippen LogP) is 3.08. The van der Waals surface area contributed by atoms with Gasteiger partial charge in [0.1, 0.15) is 5.82 Å². The van der Waals surface area contributed by atoms with E-state index in [1.165, 1.54) is 11.6 Å². The quantitative estimate of drug-likeness (QED) is 0.883. The minimum atomic E-state index is -0.143. The average Bonchev–Trinajstić information content (AvgIpc) is 2.42. The van der Waals surface area contributed by atoms with E-state index in [2.05, 4.69) is 12.2 Å². The van der Waals surface area contributed by atoms with E-state index in [-0.39, 0.29) is 5.82 Å². The maximum absolute atomic E-state index is 13.4. The second-order valence-corrected chi connectivity index (χ2v) is 5.46. The number of rotatable bonds is 5. The van der Waals surface area contributed by atoms with Crippen LogP contribution in [-0.4, -0.2) is 25.8 Å². The standard InChI is InChI=1S/C16H24FNO/c1-3-7-18-16-6-8-19-11-14(16)9-13-10-15(17)5-4-12(13)2/h4-5,10,14,16,18H,3,6-9,11H2,1-2H3. The van der Waals surface area contributed by atoms with E-state index in [0.717, 1.165) is 44.6 Å². The molecule has 0 aliphatic carbocycles. The Morgan fingerprint density at radius 2 is 2.26 bits per heavy atom. The summed E-state index contributed by atoms with van der Waals surface area (Å²) in [6, 6.07) is 5.56. The van der Waals surface area contributed by atoms with Crippen LogP contribution in [0.15, 0.2) is 18.2 Å². The van der Waals surface area contributed by atoms with Crippen LogP contribution >= 0.6 is 0 Å². The third kappa shape index (κ3) is 4.02. The van der Waals surface area contributed by atoms with Crippen molar-refractivity contribution in [3.05, 3.63) is 35.1 Å². The van der Waals surface area contributed by atoms with Gasteiger partial charge in [-0.2, -0.15) is 0 Å². The molecule has 2 nitrogen and oxygen atoms in total.